The normalized spacial score (nSPS) is 11.3. The molecule has 0 radical (unpaired) electrons. The monoisotopic (exact) mass is 366 g/mol. The first-order valence-corrected chi connectivity index (χ1v) is 8.99. The Hall–Kier alpha value is -2.16. The van der Waals surface area contributed by atoms with Crippen molar-refractivity contribution in [2.24, 2.45) is 20.0 Å². The van der Waals surface area contributed by atoms with Gasteiger partial charge in [-0.25, -0.2) is 14.8 Å². The van der Waals surface area contributed by atoms with E-state index in [9.17, 15) is 14.4 Å². The number of hydrogen-bond acceptors (Lipinski definition) is 7. The lowest BCUT2D eigenvalue weighted by Crippen LogP contribution is -2.38. The van der Waals surface area contributed by atoms with E-state index in [0.717, 1.165) is 16.3 Å². The Bertz CT molecular complexity index is 917. The van der Waals surface area contributed by atoms with Crippen LogP contribution in [0.1, 0.15) is 26.6 Å². The van der Waals surface area contributed by atoms with Crippen LogP contribution >= 0.6 is 11.8 Å². The van der Waals surface area contributed by atoms with Crippen LogP contribution in [0, 0.1) is 5.92 Å². The Balaban J connectivity index is 2.65. The summed E-state index contributed by atoms with van der Waals surface area (Å²) in [6.07, 6.45) is 0.603. The van der Waals surface area contributed by atoms with Crippen molar-refractivity contribution in [3.05, 3.63) is 26.7 Å². The van der Waals surface area contributed by atoms with E-state index in [1.165, 1.54) is 11.6 Å². The molecule has 9 heteroatoms. The van der Waals surface area contributed by atoms with Crippen molar-refractivity contribution < 1.29 is 9.53 Å². The fourth-order valence-electron chi connectivity index (χ4n) is 2.36. The van der Waals surface area contributed by atoms with Crippen LogP contribution in [-0.4, -0.2) is 37.4 Å². The molecule has 0 fully saturated rings. The van der Waals surface area contributed by atoms with Gasteiger partial charge in [-0.05, 0) is 12.8 Å². The van der Waals surface area contributed by atoms with Crippen LogP contribution in [0.4, 0.5) is 0 Å². The van der Waals surface area contributed by atoms with E-state index >= 15 is 0 Å². The van der Waals surface area contributed by atoms with E-state index in [2.05, 4.69) is 9.97 Å². The fraction of sp³-hybridized carbons (Fsp3) is 0.562. The second-order valence-electron chi connectivity index (χ2n) is 6.04. The van der Waals surface area contributed by atoms with Gasteiger partial charge in [0.15, 0.2) is 5.65 Å². The maximum absolute atomic E-state index is 12.6. The Morgan fingerprint density at radius 2 is 1.88 bits per heavy atom. The second kappa shape index (κ2) is 7.81. The first-order valence-electron chi connectivity index (χ1n) is 8.01. The summed E-state index contributed by atoms with van der Waals surface area (Å²) < 4.78 is 7.27. The van der Waals surface area contributed by atoms with Crippen molar-refractivity contribution in [2.45, 2.75) is 32.2 Å². The van der Waals surface area contributed by atoms with E-state index in [1.54, 1.807) is 14.0 Å². The number of aromatic nitrogens is 4. The van der Waals surface area contributed by atoms with Gasteiger partial charge in [-0.15, -0.1) is 0 Å². The van der Waals surface area contributed by atoms with Crippen LogP contribution in [0.5, 0.6) is 0 Å². The van der Waals surface area contributed by atoms with E-state index in [-0.39, 0.29) is 22.8 Å². The molecular weight excluding hydrogens is 344 g/mol. The zero-order valence-corrected chi connectivity index (χ0v) is 15.8. The number of aryl methyl sites for hydroxylation is 1. The molecular formula is C16H22N4O4S. The fourth-order valence-corrected chi connectivity index (χ4v) is 3.19. The molecule has 2 heterocycles. The molecule has 2 aromatic heterocycles. The SMILES string of the molecule is CCOC(=O)CSc1nc(CC(C)C)nc2c1c(=O)n(C)c(=O)n2C. The largest absolute Gasteiger partial charge is 0.465 e. The number of thioether (sulfide) groups is 1. The Morgan fingerprint density at radius 3 is 2.48 bits per heavy atom. The topological polar surface area (TPSA) is 96.1 Å². The lowest BCUT2D eigenvalue weighted by molar-refractivity contribution is -0.139. The average molecular weight is 366 g/mol. The molecule has 25 heavy (non-hydrogen) atoms. The molecule has 0 unspecified atom stereocenters. The number of rotatable bonds is 6. The van der Waals surface area contributed by atoms with Crippen molar-refractivity contribution >= 4 is 28.8 Å². The maximum Gasteiger partial charge on any atom is 0.332 e. The van der Waals surface area contributed by atoms with Crippen molar-refractivity contribution in [3.8, 4) is 0 Å². The molecule has 0 aliphatic rings. The molecule has 2 rings (SSSR count). The number of hydrogen-bond donors (Lipinski definition) is 0. The second-order valence-corrected chi connectivity index (χ2v) is 7.01. The molecule has 0 aromatic carbocycles. The summed E-state index contributed by atoms with van der Waals surface area (Å²) in [5.41, 5.74) is -0.640. The Morgan fingerprint density at radius 1 is 1.20 bits per heavy atom. The lowest BCUT2D eigenvalue weighted by atomic mass is 10.1. The zero-order valence-electron chi connectivity index (χ0n) is 15.0. The van der Waals surface area contributed by atoms with E-state index in [0.29, 0.717) is 29.8 Å². The Labute approximate surface area is 149 Å². The average Bonchev–Trinajstić information content (AvgIpc) is 2.55. The van der Waals surface area contributed by atoms with E-state index in [1.807, 2.05) is 13.8 Å². The molecule has 0 saturated carbocycles. The Kier molecular flexibility index (Phi) is 5.99. The van der Waals surface area contributed by atoms with Gasteiger partial charge in [0, 0.05) is 20.5 Å². The highest BCUT2D eigenvalue weighted by Crippen LogP contribution is 2.23. The van der Waals surface area contributed by atoms with Gasteiger partial charge in [0.25, 0.3) is 5.56 Å². The molecule has 0 aliphatic heterocycles. The molecule has 8 nitrogen and oxygen atoms in total. The number of carbonyl (C=O) groups excluding carboxylic acids is 1. The highest BCUT2D eigenvalue weighted by molar-refractivity contribution is 8.00. The van der Waals surface area contributed by atoms with E-state index in [4.69, 9.17) is 4.74 Å². The molecule has 0 N–H and O–H groups in total. The third-order valence-electron chi connectivity index (χ3n) is 3.54. The smallest absolute Gasteiger partial charge is 0.332 e. The highest BCUT2D eigenvalue weighted by atomic mass is 32.2. The van der Waals surface area contributed by atoms with Crippen LogP contribution in [0.3, 0.4) is 0 Å². The van der Waals surface area contributed by atoms with Crippen LogP contribution in [-0.2, 0) is 30.0 Å². The summed E-state index contributed by atoms with van der Waals surface area (Å²) in [4.78, 5) is 45.3. The minimum Gasteiger partial charge on any atom is -0.465 e. The molecule has 0 spiro atoms. The molecule has 0 atom stereocenters. The molecule has 0 amide bonds. The summed E-state index contributed by atoms with van der Waals surface area (Å²) in [5, 5.41) is 0.635. The minimum atomic E-state index is -0.472. The minimum absolute atomic E-state index is 0.0348. The van der Waals surface area contributed by atoms with Gasteiger partial charge in [0.1, 0.15) is 16.2 Å². The van der Waals surface area contributed by atoms with Crippen molar-refractivity contribution in [2.75, 3.05) is 12.4 Å². The third-order valence-corrected chi connectivity index (χ3v) is 4.48. The van der Waals surface area contributed by atoms with Gasteiger partial charge in [-0.2, -0.15) is 0 Å². The molecule has 0 saturated heterocycles. The highest BCUT2D eigenvalue weighted by Gasteiger charge is 2.18. The number of carbonyl (C=O) groups is 1. The van der Waals surface area contributed by atoms with Crippen LogP contribution in [0.25, 0.3) is 11.0 Å². The van der Waals surface area contributed by atoms with Gasteiger partial charge >= 0.3 is 11.7 Å². The summed E-state index contributed by atoms with van der Waals surface area (Å²) >= 11 is 1.12. The number of esters is 1. The van der Waals surface area contributed by atoms with Gasteiger partial charge in [0.05, 0.1) is 12.4 Å². The molecule has 2 aromatic rings. The van der Waals surface area contributed by atoms with Gasteiger partial charge < -0.3 is 4.74 Å². The number of nitrogens with zero attached hydrogens (tertiary/aromatic N) is 4. The first-order chi connectivity index (χ1) is 11.8. The van der Waals surface area contributed by atoms with Crippen LogP contribution < -0.4 is 11.2 Å². The zero-order chi connectivity index (χ0) is 18.7. The quantitative estimate of drug-likeness (QED) is 0.425. The third kappa shape index (κ3) is 4.09. The lowest BCUT2D eigenvalue weighted by Gasteiger charge is -2.12. The summed E-state index contributed by atoms with van der Waals surface area (Å²) in [6.45, 7) is 6.08. The van der Waals surface area contributed by atoms with Gasteiger partial charge in [-0.3, -0.25) is 18.7 Å². The first kappa shape index (κ1) is 19.2. The van der Waals surface area contributed by atoms with Crippen molar-refractivity contribution in [1.82, 2.24) is 19.1 Å². The van der Waals surface area contributed by atoms with Gasteiger partial charge in [-0.1, -0.05) is 25.6 Å². The van der Waals surface area contributed by atoms with Crippen LogP contribution in [0.15, 0.2) is 14.6 Å². The number of ether oxygens (including phenoxy) is 1. The van der Waals surface area contributed by atoms with Crippen molar-refractivity contribution in [1.29, 1.82) is 0 Å². The maximum atomic E-state index is 12.6. The summed E-state index contributed by atoms with van der Waals surface area (Å²) in [5.74, 6) is 0.500. The summed E-state index contributed by atoms with van der Waals surface area (Å²) in [7, 11) is 2.97. The molecule has 0 aliphatic carbocycles. The summed E-state index contributed by atoms with van der Waals surface area (Å²) in [6, 6.07) is 0. The predicted molar refractivity (Wildman–Crippen MR) is 95.9 cm³/mol. The van der Waals surface area contributed by atoms with E-state index < -0.39 is 11.2 Å². The van der Waals surface area contributed by atoms with Crippen molar-refractivity contribution in [3.63, 3.8) is 0 Å². The standard InChI is InChI=1S/C16H22N4O4S/c1-6-24-11(21)8-25-14-12-13(17-10(18-14)7-9(2)3)19(4)16(23)20(5)15(12)22/h9H,6-8H2,1-5H3. The van der Waals surface area contributed by atoms with Crippen LogP contribution in [0.2, 0.25) is 0 Å². The number of fused-ring (bicyclic) bond motifs is 1. The molecule has 0 bridgehead atoms. The predicted octanol–water partition coefficient (Wildman–Crippen LogP) is 0.881. The molecule has 136 valence electrons. The van der Waals surface area contributed by atoms with Gasteiger partial charge in [0.2, 0.25) is 0 Å².